The molecular formula is C13H13FO. The molecule has 1 aromatic carbocycles. The van der Waals surface area contributed by atoms with Crippen molar-refractivity contribution in [3.8, 4) is 0 Å². The molecule has 1 nitrogen and oxygen atoms in total. The fraction of sp³-hybridized carbons (Fsp3) is 0.462. The molecule has 1 fully saturated rings. The summed E-state index contributed by atoms with van der Waals surface area (Å²) >= 11 is 0. The van der Waals surface area contributed by atoms with Gasteiger partial charge in [-0.1, -0.05) is 12.1 Å². The van der Waals surface area contributed by atoms with Gasteiger partial charge in [0, 0.05) is 11.8 Å². The number of ketones is 1. The van der Waals surface area contributed by atoms with Crippen molar-refractivity contribution >= 4 is 5.78 Å². The number of hydrogen-bond donors (Lipinski definition) is 0. The van der Waals surface area contributed by atoms with Crippen molar-refractivity contribution < 1.29 is 9.18 Å². The minimum Gasteiger partial charge on any atom is -0.299 e. The Kier molecular flexibility index (Phi) is 1.91. The summed E-state index contributed by atoms with van der Waals surface area (Å²) in [7, 11) is 0. The summed E-state index contributed by atoms with van der Waals surface area (Å²) in [5, 5.41) is 0. The maximum Gasteiger partial charge on any atom is 0.139 e. The van der Waals surface area contributed by atoms with Crippen molar-refractivity contribution in [2.75, 3.05) is 0 Å². The predicted molar refractivity (Wildman–Crippen MR) is 55.0 cm³/mol. The average molecular weight is 204 g/mol. The zero-order valence-corrected chi connectivity index (χ0v) is 8.50. The van der Waals surface area contributed by atoms with Crippen molar-refractivity contribution in [2.45, 2.75) is 25.7 Å². The molecule has 1 saturated carbocycles. The molecule has 2 unspecified atom stereocenters. The number of halogens is 1. The molecule has 15 heavy (non-hydrogen) atoms. The molecule has 0 amide bonds. The fourth-order valence-electron chi connectivity index (χ4n) is 2.96. The van der Waals surface area contributed by atoms with Crippen LogP contribution in [0.3, 0.4) is 0 Å². The minimum absolute atomic E-state index is 0.0909. The van der Waals surface area contributed by atoms with Gasteiger partial charge in [-0.05, 0) is 42.9 Å². The molecule has 0 spiro atoms. The molecule has 2 atom stereocenters. The molecule has 1 aromatic rings. The Bertz CT molecular complexity index is 425. The summed E-state index contributed by atoms with van der Waals surface area (Å²) in [5.74, 6) is 0.490. The van der Waals surface area contributed by atoms with Crippen molar-refractivity contribution in [1.82, 2.24) is 0 Å². The van der Waals surface area contributed by atoms with Gasteiger partial charge in [0.15, 0.2) is 0 Å². The van der Waals surface area contributed by atoms with E-state index in [0.717, 1.165) is 30.4 Å². The summed E-state index contributed by atoms with van der Waals surface area (Å²) < 4.78 is 13.6. The van der Waals surface area contributed by atoms with Crippen molar-refractivity contribution in [3.63, 3.8) is 0 Å². The van der Waals surface area contributed by atoms with Gasteiger partial charge in [0.05, 0.1) is 0 Å². The Balaban J connectivity index is 2.09. The van der Waals surface area contributed by atoms with Crippen LogP contribution in [0.15, 0.2) is 18.2 Å². The molecule has 0 aliphatic heterocycles. The van der Waals surface area contributed by atoms with Gasteiger partial charge in [-0.25, -0.2) is 4.39 Å². The Morgan fingerprint density at radius 2 is 1.87 bits per heavy atom. The lowest BCUT2D eigenvalue weighted by Gasteiger charge is -2.12. The second-order valence-corrected chi connectivity index (χ2v) is 4.66. The van der Waals surface area contributed by atoms with Gasteiger partial charge >= 0.3 is 0 Å². The van der Waals surface area contributed by atoms with E-state index < -0.39 is 0 Å². The predicted octanol–water partition coefficient (Wildman–Crippen LogP) is 2.52. The van der Waals surface area contributed by atoms with Crippen molar-refractivity contribution in [2.24, 2.45) is 11.8 Å². The smallest absolute Gasteiger partial charge is 0.139 e. The molecule has 2 aliphatic rings. The van der Waals surface area contributed by atoms with Crippen LogP contribution in [0, 0.1) is 17.7 Å². The van der Waals surface area contributed by atoms with E-state index in [-0.39, 0.29) is 17.7 Å². The lowest BCUT2D eigenvalue weighted by atomic mass is 9.93. The molecule has 0 N–H and O–H groups in total. The van der Waals surface area contributed by atoms with E-state index in [9.17, 15) is 9.18 Å². The summed E-state index contributed by atoms with van der Waals surface area (Å²) in [6, 6.07) is 5.21. The van der Waals surface area contributed by atoms with E-state index in [4.69, 9.17) is 0 Å². The number of rotatable bonds is 0. The van der Waals surface area contributed by atoms with Gasteiger partial charge in [0.2, 0.25) is 0 Å². The van der Waals surface area contributed by atoms with Crippen LogP contribution in [-0.4, -0.2) is 5.78 Å². The lowest BCUT2D eigenvalue weighted by Crippen LogP contribution is -2.13. The van der Waals surface area contributed by atoms with Crippen molar-refractivity contribution in [3.05, 3.63) is 35.1 Å². The molecule has 0 heterocycles. The first-order valence-electron chi connectivity index (χ1n) is 5.55. The molecule has 2 heteroatoms. The zero-order chi connectivity index (χ0) is 10.4. The topological polar surface area (TPSA) is 17.1 Å². The Morgan fingerprint density at radius 3 is 2.67 bits per heavy atom. The molecule has 2 bridgehead atoms. The molecule has 0 saturated heterocycles. The van der Waals surface area contributed by atoms with Crippen LogP contribution >= 0.6 is 0 Å². The number of Topliss-reactive ketones (excluding diaryl/α,β-unsaturated/α-hetero) is 1. The number of carbonyl (C=O) groups excluding carboxylic acids is 1. The summed E-state index contributed by atoms with van der Waals surface area (Å²) in [6.07, 6.45) is 3.33. The Morgan fingerprint density at radius 1 is 1.13 bits per heavy atom. The molecule has 3 rings (SSSR count). The second kappa shape index (κ2) is 3.16. The van der Waals surface area contributed by atoms with Gasteiger partial charge in [0.1, 0.15) is 11.6 Å². The molecule has 78 valence electrons. The Labute approximate surface area is 88.3 Å². The van der Waals surface area contributed by atoms with E-state index in [1.54, 1.807) is 6.07 Å². The maximum absolute atomic E-state index is 13.6. The lowest BCUT2D eigenvalue weighted by molar-refractivity contribution is -0.123. The fourth-order valence-corrected chi connectivity index (χ4v) is 2.96. The highest BCUT2D eigenvalue weighted by molar-refractivity contribution is 5.86. The van der Waals surface area contributed by atoms with Gasteiger partial charge < -0.3 is 0 Å². The average Bonchev–Trinajstić information content (AvgIpc) is 2.43. The normalized spacial score (nSPS) is 28.7. The molecule has 0 radical (unpaired) electrons. The Hall–Kier alpha value is -1.18. The van der Waals surface area contributed by atoms with Crippen molar-refractivity contribution in [1.29, 1.82) is 0 Å². The first-order valence-corrected chi connectivity index (χ1v) is 5.55. The monoisotopic (exact) mass is 204 g/mol. The highest BCUT2D eigenvalue weighted by Crippen LogP contribution is 2.37. The highest BCUT2D eigenvalue weighted by atomic mass is 19.1. The van der Waals surface area contributed by atoms with E-state index in [1.807, 2.05) is 6.07 Å². The van der Waals surface area contributed by atoms with Gasteiger partial charge in [-0.2, -0.15) is 0 Å². The summed E-state index contributed by atoms with van der Waals surface area (Å²) in [6.45, 7) is 0. The minimum atomic E-state index is -0.132. The third kappa shape index (κ3) is 1.31. The second-order valence-electron chi connectivity index (χ2n) is 4.66. The SMILES string of the molecule is O=C1C2CCC1Cc1c(F)cccc1C2. The third-order valence-electron chi connectivity index (χ3n) is 3.80. The van der Waals surface area contributed by atoms with Crippen LogP contribution in [-0.2, 0) is 17.6 Å². The maximum atomic E-state index is 13.6. The number of carbonyl (C=O) groups is 1. The number of benzene rings is 1. The van der Waals surface area contributed by atoms with Crippen LogP contribution in [0.25, 0.3) is 0 Å². The summed E-state index contributed by atoms with van der Waals surface area (Å²) in [4.78, 5) is 11.9. The quantitative estimate of drug-likeness (QED) is 0.634. The zero-order valence-electron chi connectivity index (χ0n) is 8.50. The highest BCUT2D eigenvalue weighted by Gasteiger charge is 2.37. The van der Waals surface area contributed by atoms with Crippen LogP contribution < -0.4 is 0 Å². The van der Waals surface area contributed by atoms with E-state index in [2.05, 4.69) is 0 Å². The van der Waals surface area contributed by atoms with E-state index in [0.29, 0.717) is 12.2 Å². The standard InChI is InChI=1S/C13H13FO/c14-12-3-1-2-8-6-9-4-5-10(13(9)15)7-11(8)12/h1-3,9-10H,4-7H2. The summed E-state index contributed by atoms with van der Waals surface area (Å²) in [5.41, 5.74) is 1.84. The van der Waals surface area contributed by atoms with Gasteiger partial charge in [-0.3, -0.25) is 4.79 Å². The van der Waals surface area contributed by atoms with Gasteiger partial charge in [-0.15, -0.1) is 0 Å². The number of fused-ring (bicyclic) bond motifs is 3. The molecule has 0 aromatic heterocycles. The van der Waals surface area contributed by atoms with E-state index in [1.165, 1.54) is 6.07 Å². The molecule has 2 aliphatic carbocycles. The van der Waals surface area contributed by atoms with Crippen LogP contribution in [0.2, 0.25) is 0 Å². The van der Waals surface area contributed by atoms with Crippen LogP contribution in [0.4, 0.5) is 4.39 Å². The number of hydrogen-bond acceptors (Lipinski definition) is 1. The van der Waals surface area contributed by atoms with Crippen LogP contribution in [0.5, 0.6) is 0 Å². The first kappa shape index (κ1) is 9.08. The van der Waals surface area contributed by atoms with Crippen LogP contribution in [0.1, 0.15) is 24.0 Å². The van der Waals surface area contributed by atoms with E-state index >= 15 is 0 Å². The first-order chi connectivity index (χ1) is 7.25. The largest absolute Gasteiger partial charge is 0.299 e. The van der Waals surface area contributed by atoms with Gasteiger partial charge in [0.25, 0.3) is 0 Å². The third-order valence-corrected chi connectivity index (χ3v) is 3.80. The molecular weight excluding hydrogens is 191 g/mol.